The summed E-state index contributed by atoms with van der Waals surface area (Å²) in [6.07, 6.45) is -3.80. The molecule has 0 amide bonds. The highest BCUT2D eigenvalue weighted by molar-refractivity contribution is 5.61. The van der Waals surface area contributed by atoms with E-state index in [9.17, 15) is 13.2 Å². The van der Waals surface area contributed by atoms with Crippen molar-refractivity contribution in [1.29, 1.82) is 0 Å². The van der Waals surface area contributed by atoms with Crippen LogP contribution in [0, 0.1) is 6.92 Å². The summed E-state index contributed by atoms with van der Waals surface area (Å²) in [5.74, 6) is -0.314. The molecule has 0 unspecified atom stereocenters. The van der Waals surface area contributed by atoms with Gasteiger partial charge in [-0.1, -0.05) is 18.2 Å². The van der Waals surface area contributed by atoms with E-state index in [1.807, 2.05) is 31.2 Å². The lowest BCUT2D eigenvalue weighted by atomic mass is 10.2. The normalized spacial score (nSPS) is 11.4. The van der Waals surface area contributed by atoms with Gasteiger partial charge in [0.2, 0.25) is 11.8 Å². The highest BCUT2D eigenvalue weighted by atomic mass is 19.4. The fourth-order valence-corrected chi connectivity index (χ4v) is 2.01. The third kappa shape index (κ3) is 3.29. The lowest BCUT2D eigenvalue weighted by Gasteiger charge is -2.21. The average Bonchev–Trinajstić information content (AvgIpc) is 2.46. The molecule has 0 aliphatic rings. The fraction of sp³-hybridized carbons (Fsp3) is 0.333. The zero-order valence-electron chi connectivity index (χ0n) is 12.5. The Kier molecular flexibility index (Phi) is 4.54. The van der Waals surface area contributed by atoms with Gasteiger partial charge in [-0.15, -0.1) is 0 Å². The zero-order chi connectivity index (χ0) is 16.3. The van der Waals surface area contributed by atoms with Crippen molar-refractivity contribution in [2.24, 2.45) is 0 Å². The van der Waals surface area contributed by atoms with Crippen LogP contribution in [0.4, 0.5) is 24.8 Å². The molecular weight excluding hydrogens is 295 g/mol. The van der Waals surface area contributed by atoms with Crippen LogP contribution in [0.3, 0.4) is 0 Å². The first-order chi connectivity index (χ1) is 10.3. The molecule has 7 heteroatoms. The lowest BCUT2D eigenvalue weighted by molar-refractivity contribution is -0.139. The second-order valence-corrected chi connectivity index (χ2v) is 4.67. The van der Waals surface area contributed by atoms with E-state index in [-0.39, 0.29) is 12.6 Å². The summed E-state index contributed by atoms with van der Waals surface area (Å²) in [4.78, 5) is 9.36. The van der Waals surface area contributed by atoms with Crippen LogP contribution in [0.15, 0.2) is 30.5 Å². The molecule has 0 N–H and O–H groups in total. The van der Waals surface area contributed by atoms with Crippen LogP contribution in [0.2, 0.25) is 0 Å². The highest BCUT2D eigenvalue weighted by Gasteiger charge is 2.36. The Morgan fingerprint density at radius 2 is 1.91 bits per heavy atom. The molecule has 0 saturated carbocycles. The predicted octanol–water partition coefficient (Wildman–Crippen LogP) is 3.97. The lowest BCUT2D eigenvalue weighted by Crippen LogP contribution is -2.17. The smallest absolute Gasteiger partial charge is 0.423 e. The van der Waals surface area contributed by atoms with E-state index in [0.717, 1.165) is 17.4 Å². The van der Waals surface area contributed by atoms with E-state index in [0.29, 0.717) is 0 Å². The number of benzene rings is 1. The van der Waals surface area contributed by atoms with Gasteiger partial charge in [0.1, 0.15) is 5.56 Å². The SMILES string of the molecule is CCOc1nc(N(C)c2ccccc2C)ncc1C(F)(F)F. The monoisotopic (exact) mass is 311 g/mol. The summed E-state index contributed by atoms with van der Waals surface area (Å²) in [6, 6.07) is 7.47. The molecule has 0 atom stereocenters. The maximum absolute atomic E-state index is 12.9. The molecule has 22 heavy (non-hydrogen) atoms. The van der Waals surface area contributed by atoms with Gasteiger partial charge in [-0.05, 0) is 25.5 Å². The first-order valence-corrected chi connectivity index (χ1v) is 6.71. The second kappa shape index (κ2) is 6.21. The molecule has 1 heterocycles. The maximum Gasteiger partial charge on any atom is 0.423 e. The third-order valence-electron chi connectivity index (χ3n) is 3.10. The van der Waals surface area contributed by atoms with E-state index in [4.69, 9.17) is 4.74 Å². The number of para-hydroxylation sites is 1. The molecule has 0 aliphatic heterocycles. The number of nitrogens with zero attached hydrogens (tertiary/aromatic N) is 3. The molecule has 0 saturated heterocycles. The summed E-state index contributed by atoms with van der Waals surface area (Å²) in [6.45, 7) is 3.60. The Bertz CT molecular complexity index is 659. The van der Waals surface area contributed by atoms with Gasteiger partial charge >= 0.3 is 6.18 Å². The summed E-state index contributed by atoms with van der Waals surface area (Å²) in [5, 5.41) is 0. The number of anilines is 2. The van der Waals surface area contributed by atoms with Crippen molar-refractivity contribution < 1.29 is 17.9 Å². The number of hydrogen-bond acceptors (Lipinski definition) is 4. The number of rotatable bonds is 4. The van der Waals surface area contributed by atoms with Crippen molar-refractivity contribution in [3.05, 3.63) is 41.6 Å². The van der Waals surface area contributed by atoms with Gasteiger partial charge < -0.3 is 9.64 Å². The number of halogens is 3. The van der Waals surface area contributed by atoms with Crippen molar-refractivity contribution in [1.82, 2.24) is 9.97 Å². The van der Waals surface area contributed by atoms with E-state index in [1.165, 1.54) is 0 Å². The molecule has 0 aliphatic carbocycles. The summed E-state index contributed by atoms with van der Waals surface area (Å²) in [7, 11) is 1.70. The van der Waals surface area contributed by atoms with E-state index >= 15 is 0 Å². The fourth-order valence-electron chi connectivity index (χ4n) is 2.01. The minimum Gasteiger partial charge on any atom is -0.477 e. The van der Waals surface area contributed by atoms with Crippen molar-refractivity contribution in [3.63, 3.8) is 0 Å². The molecule has 2 rings (SSSR count). The van der Waals surface area contributed by atoms with Gasteiger partial charge in [0, 0.05) is 18.9 Å². The molecule has 0 bridgehead atoms. The van der Waals surface area contributed by atoms with Crippen molar-refractivity contribution in [3.8, 4) is 5.88 Å². The predicted molar refractivity (Wildman–Crippen MR) is 77.4 cm³/mol. The minimum atomic E-state index is -4.55. The Balaban J connectivity index is 2.44. The quantitative estimate of drug-likeness (QED) is 0.856. The van der Waals surface area contributed by atoms with Crippen molar-refractivity contribution >= 4 is 11.6 Å². The number of ether oxygens (including phenoxy) is 1. The number of aromatic nitrogens is 2. The standard InChI is InChI=1S/C15H16F3N3O/c1-4-22-13-11(15(16,17)18)9-19-14(20-13)21(3)12-8-6-5-7-10(12)2/h5-9H,4H2,1-3H3. The van der Waals surface area contributed by atoms with Crippen LogP contribution in [0.5, 0.6) is 5.88 Å². The Morgan fingerprint density at radius 1 is 1.23 bits per heavy atom. The van der Waals surface area contributed by atoms with Crippen LogP contribution in [0.1, 0.15) is 18.1 Å². The van der Waals surface area contributed by atoms with Gasteiger partial charge in [-0.25, -0.2) is 4.98 Å². The van der Waals surface area contributed by atoms with Crippen LogP contribution in [0.25, 0.3) is 0 Å². The Labute approximate surface area is 126 Å². The van der Waals surface area contributed by atoms with Gasteiger partial charge in [0.15, 0.2) is 0 Å². The molecule has 0 radical (unpaired) electrons. The average molecular weight is 311 g/mol. The maximum atomic E-state index is 12.9. The van der Waals surface area contributed by atoms with Crippen LogP contribution < -0.4 is 9.64 Å². The number of alkyl halides is 3. The van der Waals surface area contributed by atoms with E-state index < -0.39 is 17.6 Å². The summed E-state index contributed by atoms with van der Waals surface area (Å²) >= 11 is 0. The zero-order valence-corrected chi connectivity index (χ0v) is 12.5. The number of aryl methyl sites for hydroxylation is 1. The van der Waals surface area contributed by atoms with Crippen molar-refractivity contribution in [2.45, 2.75) is 20.0 Å². The van der Waals surface area contributed by atoms with E-state index in [2.05, 4.69) is 9.97 Å². The van der Waals surface area contributed by atoms with Crippen LogP contribution in [-0.2, 0) is 6.18 Å². The van der Waals surface area contributed by atoms with Crippen molar-refractivity contribution in [2.75, 3.05) is 18.6 Å². The molecule has 1 aromatic carbocycles. The number of hydrogen-bond donors (Lipinski definition) is 0. The Morgan fingerprint density at radius 3 is 2.50 bits per heavy atom. The molecule has 118 valence electrons. The van der Waals surface area contributed by atoms with Gasteiger partial charge in [-0.2, -0.15) is 18.2 Å². The highest BCUT2D eigenvalue weighted by Crippen LogP contribution is 2.36. The topological polar surface area (TPSA) is 38.2 Å². The van der Waals surface area contributed by atoms with E-state index in [1.54, 1.807) is 18.9 Å². The molecule has 0 fully saturated rings. The molecule has 2 aromatic rings. The first-order valence-electron chi connectivity index (χ1n) is 6.71. The molecule has 0 spiro atoms. The minimum absolute atomic E-state index is 0.0909. The Hall–Kier alpha value is -2.31. The first kappa shape index (κ1) is 16.1. The molecule has 4 nitrogen and oxygen atoms in total. The molecule has 1 aromatic heterocycles. The third-order valence-corrected chi connectivity index (χ3v) is 3.10. The summed E-state index contributed by atoms with van der Waals surface area (Å²) in [5.41, 5.74) is 0.799. The largest absolute Gasteiger partial charge is 0.477 e. The second-order valence-electron chi connectivity index (χ2n) is 4.67. The summed E-state index contributed by atoms with van der Waals surface area (Å²) < 4.78 is 43.8. The van der Waals surface area contributed by atoms with Crippen LogP contribution in [-0.4, -0.2) is 23.6 Å². The van der Waals surface area contributed by atoms with Gasteiger partial charge in [0.25, 0.3) is 0 Å². The van der Waals surface area contributed by atoms with Gasteiger partial charge in [-0.3, -0.25) is 0 Å². The van der Waals surface area contributed by atoms with Gasteiger partial charge in [0.05, 0.1) is 6.61 Å². The van der Waals surface area contributed by atoms with Crippen LogP contribution >= 0.6 is 0 Å². The molecular formula is C15H16F3N3O.